The van der Waals surface area contributed by atoms with E-state index in [9.17, 15) is 13.9 Å². The molecule has 0 spiro atoms. The van der Waals surface area contributed by atoms with Crippen molar-refractivity contribution in [2.24, 2.45) is 0 Å². The van der Waals surface area contributed by atoms with Gasteiger partial charge in [0.05, 0.1) is 4.47 Å². The van der Waals surface area contributed by atoms with Crippen LogP contribution in [0.3, 0.4) is 0 Å². The lowest BCUT2D eigenvalue weighted by atomic mass is 10.0. The van der Waals surface area contributed by atoms with Crippen LogP contribution in [0.25, 0.3) is 0 Å². The second-order valence-electron chi connectivity index (χ2n) is 4.75. The first-order chi connectivity index (χ1) is 9.49. The summed E-state index contributed by atoms with van der Waals surface area (Å²) in [5, 5.41) is 13.4. The molecule has 3 nitrogen and oxygen atoms in total. The highest BCUT2D eigenvalue weighted by atomic mass is 79.9. The Bertz CT molecular complexity index is 474. The topological polar surface area (TPSA) is 35.5 Å². The molecule has 1 heterocycles. The van der Waals surface area contributed by atoms with Gasteiger partial charge in [0.15, 0.2) is 0 Å². The number of hydrogen-bond donors (Lipinski definition) is 2. The SMILES string of the molecule is Cl.Oc1c(Br)cc(Br)cc1[C@@H](CC(F)F)N1CCNCC1. The smallest absolute Gasteiger partial charge is 0.240 e. The molecule has 21 heavy (non-hydrogen) atoms. The van der Waals surface area contributed by atoms with Gasteiger partial charge in [-0.1, -0.05) is 15.9 Å². The number of piperazine rings is 1. The van der Waals surface area contributed by atoms with E-state index in [1.807, 2.05) is 4.90 Å². The Morgan fingerprint density at radius 2 is 1.86 bits per heavy atom. The second-order valence-corrected chi connectivity index (χ2v) is 6.52. The lowest BCUT2D eigenvalue weighted by Crippen LogP contribution is -2.45. The first kappa shape index (κ1) is 19.1. The summed E-state index contributed by atoms with van der Waals surface area (Å²) in [4.78, 5) is 2.00. The molecule has 2 N–H and O–H groups in total. The van der Waals surface area contributed by atoms with Crippen molar-refractivity contribution >= 4 is 44.3 Å². The van der Waals surface area contributed by atoms with Crippen LogP contribution in [0.4, 0.5) is 8.78 Å². The number of aromatic hydroxyl groups is 1. The standard InChI is InChI=1S/C13H16Br2F2N2O.ClH/c14-8-5-9(13(20)10(15)6-8)11(7-12(16)17)19-3-1-18-2-4-19;/h5-6,11-12,18,20H,1-4,7H2;1H/t11-;/m1./s1. The maximum Gasteiger partial charge on any atom is 0.240 e. The van der Waals surface area contributed by atoms with E-state index in [4.69, 9.17) is 0 Å². The molecule has 1 atom stereocenters. The third-order valence-electron chi connectivity index (χ3n) is 3.41. The Kier molecular flexibility index (Phi) is 7.84. The maximum absolute atomic E-state index is 12.9. The van der Waals surface area contributed by atoms with E-state index < -0.39 is 12.5 Å². The number of alkyl halides is 2. The molecule has 1 fully saturated rings. The van der Waals surface area contributed by atoms with Gasteiger partial charge in [-0.2, -0.15) is 0 Å². The number of rotatable bonds is 4. The summed E-state index contributed by atoms with van der Waals surface area (Å²) >= 11 is 6.60. The van der Waals surface area contributed by atoms with Crippen LogP contribution in [-0.2, 0) is 0 Å². The number of benzene rings is 1. The van der Waals surface area contributed by atoms with Gasteiger partial charge in [0, 0.05) is 48.7 Å². The van der Waals surface area contributed by atoms with Crippen molar-refractivity contribution in [2.45, 2.75) is 18.9 Å². The molecule has 0 saturated carbocycles. The fourth-order valence-corrected chi connectivity index (χ4v) is 3.73. The van der Waals surface area contributed by atoms with E-state index in [0.29, 0.717) is 23.1 Å². The van der Waals surface area contributed by atoms with Crippen LogP contribution in [0.5, 0.6) is 5.75 Å². The van der Waals surface area contributed by atoms with Gasteiger partial charge in [0.2, 0.25) is 6.43 Å². The molecule has 0 amide bonds. The van der Waals surface area contributed by atoms with E-state index in [1.54, 1.807) is 12.1 Å². The molecule has 120 valence electrons. The van der Waals surface area contributed by atoms with Crippen LogP contribution in [0.15, 0.2) is 21.1 Å². The normalized spacial score (nSPS) is 17.6. The summed E-state index contributed by atoms with van der Waals surface area (Å²) in [6.45, 7) is 2.94. The number of phenolic OH excluding ortho intramolecular Hbond substituents is 1. The van der Waals surface area contributed by atoms with Crippen molar-refractivity contribution in [1.82, 2.24) is 10.2 Å². The molecule has 0 unspecified atom stereocenters. The van der Waals surface area contributed by atoms with Crippen molar-refractivity contribution in [1.29, 1.82) is 0 Å². The Hall–Kier alpha value is 0.0500. The van der Waals surface area contributed by atoms with Crippen LogP contribution in [0.1, 0.15) is 18.0 Å². The predicted octanol–water partition coefficient (Wildman–Crippen LogP) is 3.94. The molecule has 1 aliphatic rings. The van der Waals surface area contributed by atoms with E-state index in [2.05, 4.69) is 37.2 Å². The van der Waals surface area contributed by atoms with Crippen LogP contribution >= 0.6 is 44.3 Å². The largest absolute Gasteiger partial charge is 0.506 e. The van der Waals surface area contributed by atoms with Crippen molar-refractivity contribution in [3.8, 4) is 5.75 Å². The highest BCUT2D eigenvalue weighted by Crippen LogP contribution is 2.39. The lowest BCUT2D eigenvalue weighted by molar-refractivity contribution is 0.0729. The van der Waals surface area contributed by atoms with E-state index in [1.165, 1.54) is 0 Å². The first-order valence-corrected chi connectivity index (χ1v) is 7.98. The van der Waals surface area contributed by atoms with Gasteiger partial charge in [-0.15, -0.1) is 12.4 Å². The summed E-state index contributed by atoms with van der Waals surface area (Å²) in [6.07, 6.45) is -2.69. The minimum Gasteiger partial charge on any atom is -0.506 e. The van der Waals surface area contributed by atoms with E-state index in [0.717, 1.165) is 17.6 Å². The maximum atomic E-state index is 12.9. The van der Waals surface area contributed by atoms with Gasteiger partial charge in [-0.25, -0.2) is 8.78 Å². The lowest BCUT2D eigenvalue weighted by Gasteiger charge is -2.35. The molecule has 0 aromatic heterocycles. The fourth-order valence-electron chi connectivity index (χ4n) is 2.48. The molecule has 8 heteroatoms. The molecule has 1 aliphatic heterocycles. The van der Waals surface area contributed by atoms with E-state index >= 15 is 0 Å². The van der Waals surface area contributed by atoms with Crippen molar-refractivity contribution in [3.05, 3.63) is 26.6 Å². The molecule has 0 radical (unpaired) electrons. The zero-order chi connectivity index (χ0) is 14.7. The highest BCUT2D eigenvalue weighted by Gasteiger charge is 2.28. The Morgan fingerprint density at radius 1 is 1.24 bits per heavy atom. The average molecular weight is 451 g/mol. The van der Waals surface area contributed by atoms with E-state index in [-0.39, 0.29) is 24.6 Å². The second kappa shape index (κ2) is 8.62. The quantitative estimate of drug-likeness (QED) is 0.730. The number of nitrogens with one attached hydrogen (secondary N) is 1. The van der Waals surface area contributed by atoms with Gasteiger partial charge in [0.25, 0.3) is 0 Å². The molecule has 0 bridgehead atoms. The summed E-state index contributed by atoms with van der Waals surface area (Å²) in [7, 11) is 0. The molecular weight excluding hydrogens is 433 g/mol. The van der Waals surface area contributed by atoms with Gasteiger partial charge < -0.3 is 10.4 Å². The summed E-state index contributed by atoms with van der Waals surface area (Å²) in [5.74, 6) is 0.0392. The van der Waals surface area contributed by atoms with Crippen LogP contribution in [0, 0.1) is 0 Å². The van der Waals surface area contributed by atoms with Crippen molar-refractivity contribution in [2.75, 3.05) is 26.2 Å². The van der Waals surface area contributed by atoms with Gasteiger partial charge >= 0.3 is 0 Å². The minimum absolute atomic E-state index is 0. The Labute approximate surface area is 145 Å². The Morgan fingerprint density at radius 3 is 2.43 bits per heavy atom. The van der Waals surface area contributed by atoms with Crippen LogP contribution in [-0.4, -0.2) is 42.6 Å². The molecule has 1 aromatic carbocycles. The molecule has 1 saturated heterocycles. The van der Waals surface area contributed by atoms with Gasteiger partial charge in [-0.05, 0) is 28.1 Å². The number of nitrogens with zero attached hydrogens (tertiary/aromatic N) is 1. The average Bonchev–Trinajstić information content (AvgIpc) is 2.41. The first-order valence-electron chi connectivity index (χ1n) is 6.40. The highest BCUT2D eigenvalue weighted by molar-refractivity contribution is 9.11. The summed E-state index contributed by atoms with van der Waals surface area (Å²) < 4.78 is 27.1. The van der Waals surface area contributed by atoms with Crippen molar-refractivity contribution in [3.63, 3.8) is 0 Å². The minimum atomic E-state index is -2.41. The molecule has 0 aliphatic carbocycles. The predicted molar refractivity (Wildman–Crippen MR) is 88.6 cm³/mol. The number of hydrogen-bond acceptors (Lipinski definition) is 3. The van der Waals surface area contributed by atoms with Gasteiger partial charge in [0.1, 0.15) is 5.75 Å². The van der Waals surface area contributed by atoms with Gasteiger partial charge in [-0.3, -0.25) is 4.90 Å². The molecule has 1 aromatic rings. The molecule has 2 rings (SSSR count). The third-order valence-corrected chi connectivity index (χ3v) is 4.47. The number of phenols is 1. The fraction of sp³-hybridized carbons (Fsp3) is 0.538. The molecular formula is C13H17Br2ClF2N2O. The third kappa shape index (κ3) is 5.03. The van der Waals surface area contributed by atoms with Crippen molar-refractivity contribution < 1.29 is 13.9 Å². The Balaban J connectivity index is 0.00000220. The number of halogens is 5. The monoisotopic (exact) mass is 448 g/mol. The summed E-state index contributed by atoms with van der Waals surface area (Å²) in [6, 6.07) is 2.94. The summed E-state index contributed by atoms with van der Waals surface area (Å²) in [5.41, 5.74) is 0.536. The van der Waals surface area contributed by atoms with Crippen LogP contribution < -0.4 is 5.32 Å². The van der Waals surface area contributed by atoms with Crippen LogP contribution in [0.2, 0.25) is 0 Å². The zero-order valence-electron chi connectivity index (χ0n) is 11.2. The zero-order valence-corrected chi connectivity index (χ0v) is 15.1.